The molecule has 1 N–H and O–H groups in total. The van der Waals surface area contributed by atoms with Crippen molar-refractivity contribution in [1.82, 2.24) is 0 Å². The molecule has 0 aliphatic heterocycles. The number of benzene rings is 2. The molecular weight excluding hydrogens is 387 g/mol. The minimum absolute atomic E-state index is 0. The van der Waals surface area contributed by atoms with Gasteiger partial charge in [0.2, 0.25) is 0 Å². The van der Waals surface area contributed by atoms with Crippen molar-refractivity contribution in [3.63, 3.8) is 0 Å². The summed E-state index contributed by atoms with van der Waals surface area (Å²) in [5.74, 6) is -0.0738. The van der Waals surface area contributed by atoms with Crippen LogP contribution in [0.2, 0.25) is 0 Å². The minimum Gasteiger partial charge on any atom is -0.872 e. The topological polar surface area (TPSA) is 86.7 Å². The maximum atomic E-state index is 12.0. The molecule has 0 atom stereocenters. The van der Waals surface area contributed by atoms with E-state index < -0.39 is 10.1 Å². The summed E-state index contributed by atoms with van der Waals surface area (Å²) in [7, 11) is -4.52. The van der Waals surface area contributed by atoms with Crippen molar-refractivity contribution in [1.29, 1.82) is 0 Å². The number of hydrogen-bond acceptors (Lipinski definition) is 4. The molecule has 0 bridgehead atoms. The molecule has 0 saturated carbocycles. The maximum absolute atomic E-state index is 12.0. The summed E-state index contributed by atoms with van der Waals surface area (Å²) in [5.41, 5.74) is 0.310. The van der Waals surface area contributed by atoms with Gasteiger partial charge in [-0.1, -0.05) is 69.7 Å². The van der Waals surface area contributed by atoms with Gasteiger partial charge >= 0.3 is 29.6 Å². The van der Waals surface area contributed by atoms with E-state index in [0.717, 1.165) is 31.7 Å². The summed E-state index contributed by atoms with van der Waals surface area (Å²) < 4.78 is 39.2. The van der Waals surface area contributed by atoms with E-state index in [-0.39, 0.29) is 46.0 Å². The Morgan fingerprint density at radius 2 is 1.57 bits per heavy atom. The number of ether oxygens (including phenoxy) is 1. The molecule has 0 aliphatic rings. The summed E-state index contributed by atoms with van der Waals surface area (Å²) in [6.45, 7) is 2.17. The third-order valence-electron chi connectivity index (χ3n) is 4.38. The Morgan fingerprint density at radius 1 is 0.964 bits per heavy atom. The van der Waals surface area contributed by atoms with Crippen molar-refractivity contribution in [2.75, 3.05) is 0 Å². The van der Waals surface area contributed by atoms with Crippen LogP contribution in [-0.4, -0.2) is 13.0 Å². The Kier molecular flexibility index (Phi) is 11.2. The van der Waals surface area contributed by atoms with E-state index in [1.54, 1.807) is 30.3 Å². The zero-order chi connectivity index (χ0) is 19.7. The van der Waals surface area contributed by atoms with E-state index in [9.17, 15) is 18.1 Å². The SMILES string of the molecule is CCCCCCCCCc1cc([O-])cc(Oc2ccccc2)c1S(=O)(=O)O.[Na+]. The zero-order valence-electron chi connectivity index (χ0n) is 16.7. The van der Waals surface area contributed by atoms with Crippen LogP contribution in [0.1, 0.15) is 57.4 Å². The van der Waals surface area contributed by atoms with Crippen LogP contribution in [0.3, 0.4) is 0 Å². The van der Waals surface area contributed by atoms with Crippen molar-refractivity contribution >= 4 is 10.1 Å². The average molecular weight is 414 g/mol. The summed E-state index contributed by atoms with van der Waals surface area (Å²) in [4.78, 5) is -0.308. The van der Waals surface area contributed by atoms with Gasteiger partial charge in [-0.05, 0) is 36.6 Å². The number of para-hydroxylation sites is 1. The fraction of sp³-hybridized carbons (Fsp3) is 0.429. The van der Waals surface area contributed by atoms with Crippen LogP contribution in [0.25, 0.3) is 0 Å². The molecule has 0 spiro atoms. The smallest absolute Gasteiger partial charge is 0.872 e. The predicted molar refractivity (Wildman–Crippen MR) is 104 cm³/mol. The van der Waals surface area contributed by atoms with Gasteiger partial charge in [0.05, 0.1) is 0 Å². The van der Waals surface area contributed by atoms with Gasteiger partial charge in [-0.3, -0.25) is 4.55 Å². The van der Waals surface area contributed by atoms with Crippen molar-refractivity contribution in [2.45, 2.75) is 63.2 Å². The normalized spacial score (nSPS) is 11.1. The number of aryl methyl sites for hydroxylation is 1. The summed E-state index contributed by atoms with van der Waals surface area (Å²) in [6, 6.07) is 11.0. The quantitative estimate of drug-likeness (QED) is 0.346. The summed E-state index contributed by atoms with van der Waals surface area (Å²) in [5, 5.41) is 12.0. The van der Waals surface area contributed by atoms with Crippen molar-refractivity contribution in [3.8, 4) is 17.2 Å². The van der Waals surface area contributed by atoms with Crippen LogP contribution in [0.5, 0.6) is 17.2 Å². The molecule has 2 aromatic rings. The Hall–Kier alpha value is -1.05. The molecule has 0 aromatic heterocycles. The Bertz CT molecular complexity index is 822. The standard InChI is InChI=1S/C21H28O5S.Na/c1-2-3-4-5-6-7-9-12-17-15-18(22)16-20(21(17)27(23,24)25)26-19-13-10-8-11-14-19;/h8,10-11,13-16,22H,2-7,9,12H2,1H3,(H,23,24,25);/q;+1/p-1. The molecule has 7 heteroatoms. The molecule has 2 rings (SSSR count). The van der Waals surface area contributed by atoms with E-state index in [0.29, 0.717) is 17.7 Å². The summed E-state index contributed by atoms with van der Waals surface area (Å²) in [6.07, 6.45) is 7.97. The largest absolute Gasteiger partial charge is 1.00 e. The van der Waals surface area contributed by atoms with Gasteiger partial charge in [-0.2, -0.15) is 8.42 Å². The molecule has 0 fully saturated rings. The van der Waals surface area contributed by atoms with Gasteiger partial charge in [0.1, 0.15) is 16.4 Å². The second-order valence-electron chi connectivity index (χ2n) is 6.67. The van der Waals surface area contributed by atoms with Gasteiger partial charge in [0, 0.05) is 0 Å². The molecule has 0 aliphatic carbocycles. The van der Waals surface area contributed by atoms with E-state index >= 15 is 0 Å². The molecule has 0 unspecified atom stereocenters. The molecule has 0 amide bonds. The van der Waals surface area contributed by atoms with Gasteiger partial charge in [-0.15, -0.1) is 5.75 Å². The fourth-order valence-corrected chi connectivity index (χ4v) is 3.92. The molecule has 2 aromatic carbocycles. The third-order valence-corrected chi connectivity index (χ3v) is 5.36. The van der Waals surface area contributed by atoms with E-state index in [4.69, 9.17) is 4.74 Å². The van der Waals surface area contributed by atoms with Gasteiger partial charge in [-0.25, -0.2) is 0 Å². The molecule has 28 heavy (non-hydrogen) atoms. The monoisotopic (exact) mass is 414 g/mol. The number of hydrogen-bond donors (Lipinski definition) is 1. The Labute approximate surface area is 190 Å². The van der Waals surface area contributed by atoms with Crippen molar-refractivity contribution in [2.24, 2.45) is 0 Å². The molecule has 0 heterocycles. The number of rotatable bonds is 11. The first-order chi connectivity index (χ1) is 12.9. The predicted octanol–water partition coefficient (Wildman–Crippen LogP) is 2.10. The maximum Gasteiger partial charge on any atom is 1.00 e. The minimum atomic E-state index is -4.52. The third kappa shape index (κ3) is 8.13. The second kappa shape index (κ2) is 12.5. The van der Waals surface area contributed by atoms with E-state index in [2.05, 4.69) is 6.92 Å². The van der Waals surface area contributed by atoms with Crippen LogP contribution < -0.4 is 39.4 Å². The average Bonchev–Trinajstić information content (AvgIpc) is 2.60. The number of unbranched alkanes of at least 4 members (excludes halogenated alkanes) is 6. The van der Waals surface area contributed by atoms with Gasteiger partial charge in [0.15, 0.2) is 0 Å². The van der Waals surface area contributed by atoms with Gasteiger partial charge in [0.25, 0.3) is 10.1 Å². The molecule has 5 nitrogen and oxygen atoms in total. The van der Waals surface area contributed by atoms with Crippen LogP contribution in [-0.2, 0) is 16.5 Å². The Morgan fingerprint density at radius 3 is 2.18 bits per heavy atom. The molecule has 148 valence electrons. The van der Waals surface area contributed by atoms with Crippen molar-refractivity contribution < 1.29 is 52.4 Å². The zero-order valence-corrected chi connectivity index (χ0v) is 19.5. The first-order valence-electron chi connectivity index (χ1n) is 9.46. The van der Waals surface area contributed by atoms with Crippen LogP contribution >= 0.6 is 0 Å². The Balaban J connectivity index is 0.00000392. The molecule has 0 saturated heterocycles. The second-order valence-corrected chi connectivity index (χ2v) is 8.03. The van der Waals surface area contributed by atoms with E-state index in [1.807, 2.05) is 0 Å². The van der Waals surface area contributed by atoms with Crippen LogP contribution in [0.15, 0.2) is 47.4 Å². The first-order valence-corrected chi connectivity index (χ1v) is 10.9. The summed E-state index contributed by atoms with van der Waals surface area (Å²) >= 11 is 0. The van der Waals surface area contributed by atoms with Crippen LogP contribution in [0.4, 0.5) is 0 Å². The first kappa shape index (κ1) is 25.0. The fourth-order valence-electron chi connectivity index (χ4n) is 3.07. The molecule has 0 radical (unpaired) electrons. The van der Waals surface area contributed by atoms with Crippen LogP contribution in [0, 0.1) is 0 Å². The van der Waals surface area contributed by atoms with Gasteiger partial charge < -0.3 is 9.84 Å². The van der Waals surface area contributed by atoms with E-state index in [1.165, 1.54) is 25.3 Å². The van der Waals surface area contributed by atoms with Crippen molar-refractivity contribution in [3.05, 3.63) is 48.0 Å². The molecular formula is C21H27NaO5S.